The number of nitrogens with zero attached hydrogens (tertiary/aromatic N) is 1. The van der Waals surface area contributed by atoms with Crippen molar-refractivity contribution in [3.05, 3.63) is 35.2 Å². The lowest BCUT2D eigenvalue weighted by Crippen LogP contribution is -2.26. The first-order chi connectivity index (χ1) is 9.93. The number of hydrogen-bond acceptors (Lipinski definition) is 2. The summed E-state index contributed by atoms with van der Waals surface area (Å²) < 4.78 is 43.5. The van der Waals surface area contributed by atoms with Gasteiger partial charge in [0.05, 0.1) is 0 Å². The van der Waals surface area contributed by atoms with E-state index in [9.17, 15) is 13.2 Å². The predicted octanol–water partition coefficient (Wildman–Crippen LogP) is 3.92. The van der Waals surface area contributed by atoms with E-state index in [4.69, 9.17) is 4.42 Å². The molecule has 4 rings (SSSR count). The average molecular weight is 294 g/mol. The molecule has 1 aliphatic rings. The molecule has 6 heteroatoms. The van der Waals surface area contributed by atoms with Crippen LogP contribution in [0.3, 0.4) is 0 Å². The van der Waals surface area contributed by atoms with Gasteiger partial charge >= 0.3 is 6.18 Å². The van der Waals surface area contributed by atoms with E-state index in [1.165, 1.54) is 0 Å². The van der Waals surface area contributed by atoms with Crippen LogP contribution < -0.4 is 0 Å². The molecule has 1 aliphatic heterocycles. The number of aromatic amines is 1. The highest BCUT2D eigenvalue weighted by Crippen LogP contribution is 2.39. The van der Waals surface area contributed by atoms with Crippen LogP contribution in [-0.4, -0.2) is 23.5 Å². The van der Waals surface area contributed by atoms with Crippen molar-refractivity contribution in [2.45, 2.75) is 19.1 Å². The Morgan fingerprint density at radius 3 is 2.86 bits per heavy atom. The summed E-state index contributed by atoms with van der Waals surface area (Å²) in [6.07, 6.45) is -3.58. The number of likely N-dealkylation sites (N-methyl/N-ethyl adjacent to an activating group) is 1. The Morgan fingerprint density at radius 1 is 1.29 bits per heavy atom. The largest absolute Gasteiger partial charge is 0.451 e. The number of furan rings is 1. The minimum atomic E-state index is -4.46. The number of rotatable bonds is 0. The lowest BCUT2D eigenvalue weighted by Gasteiger charge is -2.22. The van der Waals surface area contributed by atoms with E-state index in [-0.39, 0.29) is 5.58 Å². The smallest absolute Gasteiger partial charge is 0.449 e. The molecule has 0 aliphatic carbocycles. The highest BCUT2D eigenvalue weighted by molar-refractivity contribution is 6.07. The van der Waals surface area contributed by atoms with Crippen molar-refractivity contribution in [1.29, 1.82) is 0 Å². The molecule has 0 unspecified atom stereocenters. The second-order valence-electron chi connectivity index (χ2n) is 5.58. The van der Waals surface area contributed by atoms with E-state index < -0.39 is 11.9 Å². The molecule has 2 aromatic heterocycles. The molecule has 0 bridgehead atoms. The zero-order valence-corrected chi connectivity index (χ0v) is 11.3. The zero-order valence-electron chi connectivity index (χ0n) is 11.3. The molecule has 110 valence electrons. The molecule has 3 nitrogen and oxygen atoms in total. The maximum absolute atomic E-state index is 12.8. The first kappa shape index (κ1) is 12.8. The van der Waals surface area contributed by atoms with E-state index >= 15 is 0 Å². The number of benzene rings is 1. The fourth-order valence-electron chi connectivity index (χ4n) is 3.11. The van der Waals surface area contributed by atoms with Gasteiger partial charge in [-0.3, -0.25) is 0 Å². The lowest BCUT2D eigenvalue weighted by molar-refractivity contribution is -0.152. The van der Waals surface area contributed by atoms with E-state index in [0.29, 0.717) is 5.39 Å². The quantitative estimate of drug-likeness (QED) is 0.681. The number of H-pyrrole nitrogens is 1. The Hall–Kier alpha value is -1.95. The van der Waals surface area contributed by atoms with Crippen molar-refractivity contribution in [3.8, 4) is 0 Å². The number of nitrogens with one attached hydrogen (secondary N) is 1. The number of aromatic nitrogens is 1. The second-order valence-corrected chi connectivity index (χ2v) is 5.58. The van der Waals surface area contributed by atoms with E-state index in [1.54, 1.807) is 12.1 Å². The van der Waals surface area contributed by atoms with Gasteiger partial charge < -0.3 is 14.3 Å². The fraction of sp³-hybridized carbons (Fsp3) is 0.333. The average Bonchev–Trinajstić information content (AvgIpc) is 2.97. The predicted molar refractivity (Wildman–Crippen MR) is 73.1 cm³/mol. The normalized spacial score (nSPS) is 16.8. The number of hydrogen-bond donors (Lipinski definition) is 1. The molecule has 0 amide bonds. The third-order valence-corrected chi connectivity index (χ3v) is 4.10. The SMILES string of the molecule is CN1CCc2[nH]c3ccc4oc(C(F)(F)F)cc4c3c2C1. The van der Waals surface area contributed by atoms with Crippen molar-refractivity contribution < 1.29 is 17.6 Å². The molecule has 0 atom stereocenters. The molecular weight excluding hydrogens is 281 g/mol. The molecule has 1 N–H and O–H groups in total. The number of fused-ring (bicyclic) bond motifs is 5. The minimum Gasteiger partial charge on any atom is -0.451 e. The molecule has 0 radical (unpaired) electrons. The van der Waals surface area contributed by atoms with Gasteiger partial charge in [-0.25, -0.2) is 0 Å². The van der Waals surface area contributed by atoms with E-state index in [2.05, 4.69) is 9.88 Å². The van der Waals surface area contributed by atoms with Gasteiger partial charge in [0.2, 0.25) is 5.76 Å². The molecule has 0 spiro atoms. The molecule has 0 fully saturated rings. The van der Waals surface area contributed by atoms with Crippen LogP contribution in [0.4, 0.5) is 13.2 Å². The van der Waals surface area contributed by atoms with Crippen LogP contribution in [0.25, 0.3) is 21.9 Å². The van der Waals surface area contributed by atoms with Gasteiger partial charge in [0.25, 0.3) is 0 Å². The van der Waals surface area contributed by atoms with Gasteiger partial charge in [-0.1, -0.05) is 0 Å². The van der Waals surface area contributed by atoms with Crippen molar-refractivity contribution in [2.75, 3.05) is 13.6 Å². The third-order valence-electron chi connectivity index (χ3n) is 4.10. The Balaban J connectivity index is 2.04. The first-order valence-electron chi connectivity index (χ1n) is 6.75. The maximum atomic E-state index is 12.8. The topological polar surface area (TPSA) is 32.2 Å². The summed E-state index contributed by atoms with van der Waals surface area (Å²) in [5.41, 5.74) is 3.35. The van der Waals surface area contributed by atoms with E-state index in [1.807, 2.05) is 7.05 Å². The van der Waals surface area contributed by atoms with Crippen LogP contribution >= 0.6 is 0 Å². The summed E-state index contributed by atoms with van der Waals surface area (Å²) in [6.45, 7) is 1.68. The Kier molecular flexibility index (Phi) is 2.45. The van der Waals surface area contributed by atoms with Crippen LogP contribution in [0, 0.1) is 0 Å². The molecule has 3 heterocycles. The van der Waals surface area contributed by atoms with Gasteiger partial charge in [0.1, 0.15) is 5.58 Å². The molecule has 1 aromatic carbocycles. The molecule has 0 saturated heterocycles. The fourth-order valence-corrected chi connectivity index (χ4v) is 3.11. The summed E-state index contributed by atoms with van der Waals surface area (Å²) in [4.78, 5) is 5.49. The van der Waals surface area contributed by atoms with Crippen LogP contribution in [0.15, 0.2) is 22.6 Å². The maximum Gasteiger partial charge on any atom is 0.449 e. The van der Waals surface area contributed by atoms with Crippen LogP contribution in [0.1, 0.15) is 17.0 Å². The summed E-state index contributed by atoms with van der Waals surface area (Å²) >= 11 is 0. The third kappa shape index (κ3) is 1.86. The summed E-state index contributed by atoms with van der Waals surface area (Å²) in [5, 5.41) is 1.39. The first-order valence-corrected chi connectivity index (χ1v) is 6.75. The van der Waals surface area contributed by atoms with Crippen molar-refractivity contribution >= 4 is 21.9 Å². The summed E-state index contributed by atoms with van der Waals surface area (Å²) in [6, 6.07) is 4.50. The van der Waals surface area contributed by atoms with Crippen molar-refractivity contribution in [2.24, 2.45) is 0 Å². The standard InChI is InChI=1S/C15H13F3N2O/c1-20-5-4-10-9(7-20)14-8-6-13(15(16,17)18)21-12(8)3-2-11(14)19-10/h2-3,6,19H,4-5,7H2,1H3. The molecule has 0 saturated carbocycles. The second kappa shape index (κ2) is 4.04. The number of halogens is 3. The number of alkyl halides is 3. The highest BCUT2D eigenvalue weighted by Gasteiger charge is 2.35. The van der Waals surface area contributed by atoms with Gasteiger partial charge in [0.15, 0.2) is 0 Å². The van der Waals surface area contributed by atoms with E-state index in [0.717, 1.165) is 47.7 Å². The van der Waals surface area contributed by atoms with Crippen molar-refractivity contribution in [1.82, 2.24) is 9.88 Å². The summed E-state index contributed by atoms with van der Waals surface area (Å²) in [5.74, 6) is -0.941. The van der Waals surface area contributed by atoms with Crippen LogP contribution in [-0.2, 0) is 19.1 Å². The Morgan fingerprint density at radius 2 is 2.10 bits per heavy atom. The zero-order chi connectivity index (χ0) is 14.8. The molecule has 3 aromatic rings. The van der Waals surface area contributed by atoms with Crippen molar-refractivity contribution in [3.63, 3.8) is 0 Å². The Bertz CT molecular complexity index is 844. The lowest BCUT2D eigenvalue weighted by atomic mass is 10.0. The van der Waals surface area contributed by atoms with Gasteiger partial charge in [0, 0.05) is 41.5 Å². The van der Waals surface area contributed by atoms with Gasteiger partial charge in [-0.15, -0.1) is 0 Å². The highest BCUT2D eigenvalue weighted by atomic mass is 19.4. The monoisotopic (exact) mass is 294 g/mol. The van der Waals surface area contributed by atoms with Gasteiger partial charge in [-0.05, 0) is 30.8 Å². The van der Waals surface area contributed by atoms with Gasteiger partial charge in [-0.2, -0.15) is 13.2 Å². The summed E-state index contributed by atoms with van der Waals surface area (Å²) in [7, 11) is 2.01. The minimum absolute atomic E-state index is 0.282. The molecular formula is C15H13F3N2O. The Labute approximate surface area is 118 Å². The van der Waals surface area contributed by atoms with Crippen LogP contribution in [0.5, 0.6) is 0 Å². The van der Waals surface area contributed by atoms with Crippen LogP contribution in [0.2, 0.25) is 0 Å². The molecule has 21 heavy (non-hydrogen) atoms.